The van der Waals surface area contributed by atoms with Crippen LogP contribution in [0.15, 0.2) is 0 Å². The lowest BCUT2D eigenvalue weighted by molar-refractivity contribution is -0.153. The minimum absolute atomic E-state index is 0.167. The molecule has 1 aliphatic heterocycles. The number of hydrogen-bond acceptors (Lipinski definition) is 7. The molecule has 0 aromatic heterocycles. The molecule has 0 radical (unpaired) electrons. The van der Waals surface area contributed by atoms with Crippen LogP contribution in [0, 0.1) is 11.3 Å². The Morgan fingerprint density at radius 2 is 1.57 bits per heavy atom. The second-order valence-electron chi connectivity index (χ2n) is 12.8. The van der Waals surface area contributed by atoms with Crippen molar-refractivity contribution in [3.63, 3.8) is 0 Å². The Morgan fingerprint density at radius 1 is 1.02 bits per heavy atom. The van der Waals surface area contributed by atoms with E-state index < -0.39 is 95.9 Å². The summed E-state index contributed by atoms with van der Waals surface area (Å²) in [6.45, 7) is 14.1. The predicted octanol–water partition coefficient (Wildman–Crippen LogP) is 2.03. The maximum absolute atomic E-state index is 13.5. The lowest BCUT2D eigenvalue weighted by Crippen LogP contribution is -2.60. The molecule has 12 nitrogen and oxygen atoms in total. The lowest BCUT2D eigenvalue weighted by Gasteiger charge is -2.35. The van der Waals surface area contributed by atoms with Crippen molar-refractivity contribution in [2.45, 2.75) is 117 Å². The summed E-state index contributed by atoms with van der Waals surface area (Å²) in [6, 6.07) is -4.51. The van der Waals surface area contributed by atoms with E-state index in [1.54, 1.807) is 41.5 Å². The first kappa shape index (κ1) is 36.7. The molecule has 5 amide bonds. The van der Waals surface area contributed by atoms with E-state index in [0.717, 1.165) is 0 Å². The van der Waals surface area contributed by atoms with Crippen molar-refractivity contribution in [3.05, 3.63) is 0 Å². The van der Waals surface area contributed by atoms with Crippen molar-refractivity contribution in [1.29, 1.82) is 0 Å². The molecule has 5 N–H and O–H groups in total. The van der Waals surface area contributed by atoms with Crippen LogP contribution in [0.5, 0.6) is 0 Å². The highest BCUT2D eigenvalue weighted by atomic mass is 19.3. The van der Waals surface area contributed by atoms with Crippen LogP contribution < -0.4 is 21.7 Å². The summed E-state index contributed by atoms with van der Waals surface area (Å²) in [5.74, 6) is -8.75. The number of urea groups is 1. The molecule has 4 unspecified atom stereocenters. The van der Waals surface area contributed by atoms with Crippen LogP contribution in [-0.4, -0.2) is 83.1 Å². The van der Waals surface area contributed by atoms with Crippen molar-refractivity contribution in [3.8, 4) is 0 Å². The average Bonchev–Trinajstić information content (AvgIpc) is 3.21. The molecule has 0 aromatic rings. The summed E-state index contributed by atoms with van der Waals surface area (Å²) < 4.78 is 32.0. The smallest absolute Gasteiger partial charge is 0.325 e. The first-order valence-electron chi connectivity index (χ1n) is 14.2. The number of halogens is 2. The topological polar surface area (TPSA) is 177 Å². The first-order valence-corrected chi connectivity index (χ1v) is 14.2. The fourth-order valence-electron chi connectivity index (χ4n) is 4.31. The zero-order valence-corrected chi connectivity index (χ0v) is 25.9. The molecule has 1 saturated carbocycles. The second kappa shape index (κ2) is 14.7. The number of nitrogens with zero attached hydrogens (tertiary/aromatic N) is 1. The number of hydrogen-bond donors (Lipinski definition) is 4. The van der Waals surface area contributed by atoms with Crippen molar-refractivity contribution in [2.75, 3.05) is 13.1 Å². The number of Topliss-reactive ketones (excluding diaryl/α,β-unsaturated/α-hetero) is 1. The third-order valence-corrected chi connectivity index (χ3v) is 6.39. The van der Waals surface area contributed by atoms with Crippen LogP contribution in [0.3, 0.4) is 0 Å². The van der Waals surface area contributed by atoms with Gasteiger partial charge in [-0.2, -0.15) is 0 Å². The number of amides is 5. The van der Waals surface area contributed by atoms with E-state index in [9.17, 15) is 37.5 Å². The van der Waals surface area contributed by atoms with Gasteiger partial charge in [-0.25, -0.2) is 13.6 Å². The summed E-state index contributed by atoms with van der Waals surface area (Å²) in [5.41, 5.74) is 3.49. The van der Waals surface area contributed by atoms with Crippen LogP contribution in [-0.2, 0) is 28.7 Å². The number of alkyl halides is 2. The molecule has 4 atom stereocenters. The van der Waals surface area contributed by atoms with Gasteiger partial charge in [-0.3, -0.25) is 24.0 Å². The van der Waals surface area contributed by atoms with Crippen molar-refractivity contribution >= 4 is 35.5 Å². The number of ketones is 1. The Kier molecular flexibility index (Phi) is 12.9. The summed E-state index contributed by atoms with van der Waals surface area (Å²) >= 11 is 0. The Hall–Kier alpha value is -3.32. The van der Waals surface area contributed by atoms with Gasteiger partial charge in [0.1, 0.15) is 24.2 Å². The number of primary amides is 1. The van der Waals surface area contributed by atoms with Gasteiger partial charge >= 0.3 is 12.0 Å². The molecule has 2 rings (SSSR count). The molecule has 0 aromatic carbocycles. The standard InChI is InChI=1S/C25H39F2N5O7.C3H8/c1-23(2,3)18(31-22(38)29-12-16(33)39-24(4,5)6)21(37)32-9-7-8-15(32)20(36)30-14(17(34)19(28)35)10-13-11-25(13,26)27;1-3-2/h13-15,18H,7-12H2,1-6H3,(H2,28,35)(H,30,36)(H2,29,31,38);3H2,1-2H3. The minimum Gasteiger partial charge on any atom is -0.459 e. The highest BCUT2D eigenvalue weighted by Gasteiger charge is 2.58. The fourth-order valence-corrected chi connectivity index (χ4v) is 4.31. The third kappa shape index (κ3) is 11.5. The van der Waals surface area contributed by atoms with E-state index >= 15 is 0 Å². The molecular weight excluding hydrogens is 556 g/mol. The summed E-state index contributed by atoms with van der Waals surface area (Å²) in [6.07, 6.45) is 0.983. The van der Waals surface area contributed by atoms with Gasteiger partial charge in [0.15, 0.2) is 0 Å². The SMILES string of the molecule is CC(C)(C)OC(=O)CNC(=O)NC(C(=O)N1CCCC1C(=O)NC(CC1CC1(F)F)C(=O)C(N)=O)C(C)(C)C.CCC. The lowest BCUT2D eigenvalue weighted by atomic mass is 9.85. The van der Waals surface area contributed by atoms with E-state index in [2.05, 4.69) is 29.8 Å². The molecular formula is C28H47F2N5O7. The van der Waals surface area contributed by atoms with Gasteiger partial charge in [-0.15, -0.1) is 0 Å². The van der Waals surface area contributed by atoms with Gasteiger partial charge in [0, 0.05) is 18.9 Å². The number of nitrogens with two attached hydrogens (primary N) is 1. The second-order valence-corrected chi connectivity index (χ2v) is 12.8. The largest absolute Gasteiger partial charge is 0.459 e. The highest BCUT2D eigenvalue weighted by Crippen LogP contribution is 2.51. The molecule has 2 fully saturated rings. The molecule has 14 heteroatoms. The zero-order valence-electron chi connectivity index (χ0n) is 25.9. The van der Waals surface area contributed by atoms with E-state index in [1.807, 2.05) is 0 Å². The van der Waals surface area contributed by atoms with Gasteiger partial charge in [-0.1, -0.05) is 41.0 Å². The van der Waals surface area contributed by atoms with Gasteiger partial charge in [0.05, 0.1) is 6.04 Å². The Labute approximate surface area is 246 Å². The number of nitrogens with one attached hydrogen (secondary N) is 3. The molecule has 42 heavy (non-hydrogen) atoms. The Balaban J connectivity index is 0.00000281. The molecule has 1 aliphatic carbocycles. The van der Waals surface area contributed by atoms with Crippen LogP contribution in [0.4, 0.5) is 13.6 Å². The van der Waals surface area contributed by atoms with Gasteiger partial charge < -0.3 is 31.3 Å². The van der Waals surface area contributed by atoms with Crippen LogP contribution in [0.2, 0.25) is 0 Å². The number of carbonyl (C=O) groups is 6. The predicted molar refractivity (Wildman–Crippen MR) is 150 cm³/mol. The normalized spacial score (nSPS) is 20.7. The number of ether oxygens (including phenoxy) is 1. The Morgan fingerprint density at radius 3 is 2.02 bits per heavy atom. The Bertz CT molecular complexity index is 1020. The van der Waals surface area contributed by atoms with E-state index in [0.29, 0.717) is 6.42 Å². The van der Waals surface area contributed by atoms with Crippen molar-refractivity contribution < 1.29 is 42.3 Å². The van der Waals surface area contributed by atoms with Gasteiger partial charge in [-0.05, 0) is 45.4 Å². The summed E-state index contributed by atoms with van der Waals surface area (Å²) in [4.78, 5) is 76.0. The van der Waals surface area contributed by atoms with Crippen LogP contribution in [0.1, 0.15) is 87.5 Å². The quantitative estimate of drug-likeness (QED) is 0.218. The van der Waals surface area contributed by atoms with E-state index in [4.69, 9.17) is 10.5 Å². The first-order chi connectivity index (χ1) is 19.1. The van der Waals surface area contributed by atoms with Crippen LogP contribution >= 0.6 is 0 Å². The summed E-state index contributed by atoms with van der Waals surface area (Å²) in [7, 11) is 0. The summed E-state index contributed by atoms with van der Waals surface area (Å²) in [5, 5.41) is 7.24. The molecule has 2 aliphatic rings. The van der Waals surface area contributed by atoms with E-state index in [1.165, 1.54) is 11.3 Å². The molecule has 0 bridgehead atoms. The van der Waals surface area contributed by atoms with Gasteiger partial charge in [0.25, 0.3) is 11.8 Å². The number of rotatable bonds is 10. The van der Waals surface area contributed by atoms with E-state index in [-0.39, 0.29) is 13.0 Å². The number of esters is 1. The third-order valence-electron chi connectivity index (χ3n) is 6.39. The molecule has 240 valence electrons. The number of likely N-dealkylation sites (tertiary alicyclic amines) is 1. The van der Waals surface area contributed by atoms with Crippen LogP contribution in [0.25, 0.3) is 0 Å². The molecule has 1 saturated heterocycles. The highest BCUT2D eigenvalue weighted by molar-refractivity contribution is 6.37. The molecule has 0 spiro atoms. The van der Waals surface area contributed by atoms with Gasteiger partial charge in [0.2, 0.25) is 17.6 Å². The maximum atomic E-state index is 13.5. The molecule has 1 heterocycles. The van der Waals surface area contributed by atoms with Crippen molar-refractivity contribution in [2.24, 2.45) is 17.1 Å². The maximum Gasteiger partial charge on any atom is 0.325 e. The average molecular weight is 604 g/mol. The minimum atomic E-state index is -2.98. The monoisotopic (exact) mass is 603 g/mol. The number of carbonyl (C=O) groups excluding carboxylic acids is 6. The zero-order chi connectivity index (χ0) is 32.6. The fraction of sp³-hybridized carbons (Fsp3) is 0.786. The van der Waals surface area contributed by atoms with Crippen molar-refractivity contribution in [1.82, 2.24) is 20.9 Å².